The summed E-state index contributed by atoms with van der Waals surface area (Å²) in [5.74, 6) is 1.25. The fraction of sp³-hybridized carbons (Fsp3) is 0.417. The van der Waals surface area contributed by atoms with E-state index >= 15 is 0 Å². The number of ether oxygens (including phenoxy) is 2. The van der Waals surface area contributed by atoms with Gasteiger partial charge in [-0.3, -0.25) is 4.79 Å². The van der Waals surface area contributed by atoms with Crippen LogP contribution in [-0.2, 0) is 4.79 Å². The second-order valence-electron chi connectivity index (χ2n) is 3.96. The molecule has 2 rings (SSSR count). The molecular weight excluding hydrogens is 192 g/mol. The van der Waals surface area contributed by atoms with E-state index in [2.05, 4.69) is 6.07 Å². The maximum atomic E-state index is 11.3. The molecule has 15 heavy (non-hydrogen) atoms. The Labute approximate surface area is 89.0 Å². The van der Waals surface area contributed by atoms with Crippen molar-refractivity contribution in [3.63, 3.8) is 0 Å². The zero-order chi connectivity index (χ0) is 11.0. The predicted octanol–water partition coefficient (Wildman–Crippen LogP) is 2.42. The van der Waals surface area contributed by atoms with Gasteiger partial charge in [-0.05, 0) is 24.5 Å². The van der Waals surface area contributed by atoms with Gasteiger partial charge in [-0.2, -0.15) is 0 Å². The van der Waals surface area contributed by atoms with Gasteiger partial charge in [-0.15, -0.1) is 0 Å². The molecule has 0 fully saturated rings. The van der Waals surface area contributed by atoms with Gasteiger partial charge < -0.3 is 9.47 Å². The Hall–Kier alpha value is -1.51. The topological polar surface area (TPSA) is 35.5 Å². The van der Waals surface area contributed by atoms with Crippen LogP contribution >= 0.6 is 0 Å². The number of benzene rings is 1. The molecule has 0 N–H and O–H groups in total. The second kappa shape index (κ2) is 3.57. The third-order valence-corrected chi connectivity index (χ3v) is 2.67. The second-order valence-corrected chi connectivity index (χ2v) is 3.96. The molecule has 80 valence electrons. The van der Waals surface area contributed by atoms with E-state index in [4.69, 9.17) is 9.47 Å². The Balaban J connectivity index is 2.58. The molecular formula is C12H14O3. The third-order valence-electron chi connectivity index (χ3n) is 2.67. The van der Waals surface area contributed by atoms with Crippen molar-refractivity contribution in [2.24, 2.45) is 0 Å². The molecule has 0 bridgehead atoms. The number of hydrogen-bond acceptors (Lipinski definition) is 3. The fourth-order valence-corrected chi connectivity index (χ4v) is 1.91. The first-order valence-electron chi connectivity index (χ1n) is 5.01. The highest BCUT2D eigenvalue weighted by Crippen LogP contribution is 2.41. The number of rotatable bonds is 1. The number of fused-ring (bicyclic) bond motifs is 1. The van der Waals surface area contributed by atoms with Gasteiger partial charge in [0, 0.05) is 5.56 Å². The maximum Gasteiger partial charge on any atom is 0.311 e. The van der Waals surface area contributed by atoms with Gasteiger partial charge in [0.25, 0.3) is 0 Å². The quantitative estimate of drug-likeness (QED) is 0.523. The molecule has 1 heterocycles. The highest BCUT2D eigenvalue weighted by atomic mass is 16.6. The fourth-order valence-electron chi connectivity index (χ4n) is 1.91. The molecule has 1 aliphatic heterocycles. The zero-order valence-corrected chi connectivity index (χ0v) is 9.16. The predicted molar refractivity (Wildman–Crippen MR) is 56.4 cm³/mol. The summed E-state index contributed by atoms with van der Waals surface area (Å²) in [5.41, 5.74) is 2.18. The van der Waals surface area contributed by atoms with E-state index < -0.39 is 0 Å². The molecule has 1 aromatic rings. The van der Waals surface area contributed by atoms with Crippen LogP contribution in [0.2, 0.25) is 0 Å². The molecule has 0 saturated carbocycles. The van der Waals surface area contributed by atoms with Gasteiger partial charge in [0.1, 0.15) is 0 Å². The van der Waals surface area contributed by atoms with Crippen LogP contribution in [0.15, 0.2) is 12.1 Å². The van der Waals surface area contributed by atoms with Crippen LogP contribution in [0, 0.1) is 6.92 Å². The van der Waals surface area contributed by atoms with Crippen LogP contribution in [0.1, 0.15) is 30.4 Å². The molecule has 0 amide bonds. The SMILES string of the molecule is COc1cc(C)cc2c1OC(=O)CC2C. The lowest BCUT2D eigenvalue weighted by Gasteiger charge is -2.23. The van der Waals surface area contributed by atoms with Gasteiger partial charge in [-0.1, -0.05) is 13.0 Å². The lowest BCUT2D eigenvalue weighted by Crippen LogP contribution is -2.19. The number of hydrogen-bond donors (Lipinski definition) is 0. The molecule has 0 aromatic heterocycles. The van der Waals surface area contributed by atoms with Crippen molar-refractivity contribution >= 4 is 5.97 Å². The first-order chi connectivity index (χ1) is 7.11. The summed E-state index contributed by atoms with van der Waals surface area (Å²) >= 11 is 0. The monoisotopic (exact) mass is 206 g/mol. The minimum Gasteiger partial charge on any atom is -0.493 e. The van der Waals surface area contributed by atoms with E-state index in [0.717, 1.165) is 11.1 Å². The van der Waals surface area contributed by atoms with E-state index in [1.165, 1.54) is 0 Å². The standard InChI is InChI=1S/C12H14O3/c1-7-4-9-8(2)6-11(13)15-12(9)10(5-7)14-3/h4-5,8H,6H2,1-3H3. The van der Waals surface area contributed by atoms with Crippen LogP contribution in [0.3, 0.4) is 0 Å². The molecule has 0 spiro atoms. The van der Waals surface area contributed by atoms with Crippen LogP contribution < -0.4 is 9.47 Å². The summed E-state index contributed by atoms with van der Waals surface area (Å²) in [5, 5.41) is 0. The largest absolute Gasteiger partial charge is 0.493 e. The number of esters is 1. The lowest BCUT2D eigenvalue weighted by atomic mass is 9.93. The molecule has 0 saturated heterocycles. The van der Waals surface area contributed by atoms with Gasteiger partial charge in [0.05, 0.1) is 13.5 Å². The molecule has 3 heteroatoms. The van der Waals surface area contributed by atoms with Gasteiger partial charge in [0.2, 0.25) is 0 Å². The van der Waals surface area contributed by atoms with E-state index in [-0.39, 0.29) is 11.9 Å². The molecule has 0 radical (unpaired) electrons. The van der Waals surface area contributed by atoms with E-state index in [1.54, 1.807) is 7.11 Å². The highest BCUT2D eigenvalue weighted by molar-refractivity contribution is 5.78. The summed E-state index contributed by atoms with van der Waals surface area (Å²) in [7, 11) is 1.59. The van der Waals surface area contributed by atoms with E-state index in [9.17, 15) is 4.79 Å². The minimum atomic E-state index is -0.183. The Morgan fingerprint density at radius 1 is 1.47 bits per heavy atom. The molecule has 1 unspecified atom stereocenters. The Kier molecular flexibility index (Phi) is 2.39. The summed E-state index contributed by atoms with van der Waals surface area (Å²) in [6, 6.07) is 3.93. The van der Waals surface area contributed by atoms with Gasteiger partial charge in [-0.25, -0.2) is 0 Å². The van der Waals surface area contributed by atoms with Crippen molar-refractivity contribution in [2.45, 2.75) is 26.2 Å². The van der Waals surface area contributed by atoms with Crippen molar-refractivity contribution in [1.82, 2.24) is 0 Å². The van der Waals surface area contributed by atoms with Gasteiger partial charge in [0.15, 0.2) is 11.5 Å². The summed E-state index contributed by atoms with van der Waals surface area (Å²) in [6.07, 6.45) is 0.444. The first kappa shape index (κ1) is 10.0. The number of carbonyl (C=O) groups is 1. The molecule has 1 atom stereocenters. The third kappa shape index (κ3) is 1.69. The smallest absolute Gasteiger partial charge is 0.311 e. The van der Waals surface area contributed by atoms with Crippen molar-refractivity contribution in [1.29, 1.82) is 0 Å². The van der Waals surface area contributed by atoms with Gasteiger partial charge >= 0.3 is 5.97 Å². The molecule has 1 aliphatic rings. The Morgan fingerprint density at radius 3 is 2.87 bits per heavy atom. The average Bonchev–Trinajstić information content (AvgIpc) is 2.18. The summed E-state index contributed by atoms with van der Waals surface area (Å²) < 4.78 is 10.4. The number of methoxy groups -OCH3 is 1. The number of carbonyl (C=O) groups excluding carboxylic acids is 1. The van der Waals surface area contributed by atoms with Crippen LogP contribution in [0.4, 0.5) is 0 Å². The highest BCUT2D eigenvalue weighted by Gasteiger charge is 2.26. The Morgan fingerprint density at radius 2 is 2.20 bits per heavy atom. The molecule has 1 aromatic carbocycles. The maximum absolute atomic E-state index is 11.3. The van der Waals surface area contributed by atoms with Crippen molar-refractivity contribution in [3.8, 4) is 11.5 Å². The lowest BCUT2D eigenvalue weighted by molar-refractivity contribution is -0.135. The van der Waals surface area contributed by atoms with Crippen LogP contribution in [0.5, 0.6) is 11.5 Å². The van der Waals surface area contributed by atoms with Crippen molar-refractivity contribution in [3.05, 3.63) is 23.3 Å². The van der Waals surface area contributed by atoms with E-state index in [1.807, 2.05) is 19.9 Å². The first-order valence-corrected chi connectivity index (χ1v) is 5.01. The summed E-state index contributed by atoms with van der Waals surface area (Å²) in [4.78, 5) is 11.3. The van der Waals surface area contributed by atoms with Crippen LogP contribution in [0.25, 0.3) is 0 Å². The average molecular weight is 206 g/mol. The minimum absolute atomic E-state index is 0.183. The summed E-state index contributed by atoms with van der Waals surface area (Å²) in [6.45, 7) is 4.03. The van der Waals surface area contributed by atoms with Crippen molar-refractivity contribution < 1.29 is 14.3 Å². The van der Waals surface area contributed by atoms with Crippen LogP contribution in [-0.4, -0.2) is 13.1 Å². The van der Waals surface area contributed by atoms with Crippen molar-refractivity contribution in [2.75, 3.05) is 7.11 Å². The number of aryl methyl sites for hydroxylation is 1. The normalized spacial score (nSPS) is 19.4. The molecule has 0 aliphatic carbocycles. The van der Waals surface area contributed by atoms with E-state index in [0.29, 0.717) is 17.9 Å². The Bertz CT molecular complexity index is 410. The zero-order valence-electron chi connectivity index (χ0n) is 9.16. The molecule has 3 nitrogen and oxygen atoms in total.